The Morgan fingerprint density at radius 3 is 2.75 bits per heavy atom. The molecule has 2 heterocycles. The van der Waals surface area contributed by atoms with E-state index in [0.29, 0.717) is 17.7 Å². The summed E-state index contributed by atoms with van der Waals surface area (Å²) < 4.78 is 5.53. The van der Waals surface area contributed by atoms with Crippen LogP contribution in [0.4, 0.5) is 0 Å². The molecular formula is C20H27NO3. The first kappa shape index (κ1) is 17.0. The lowest BCUT2D eigenvalue weighted by molar-refractivity contribution is 0.306. The fraction of sp³-hybridized carbons (Fsp3) is 0.550. The summed E-state index contributed by atoms with van der Waals surface area (Å²) in [5.74, 6) is 0.251. The molecule has 1 aromatic carbocycles. The zero-order valence-corrected chi connectivity index (χ0v) is 14.7. The molecule has 0 unspecified atom stereocenters. The second kappa shape index (κ2) is 7.39. The molecule has 0 radical (unpaired) electrons. The minimum Gasteiger partial charge on any atom is -0.507 e. The van der Waals surface area contributed by atoms with Gasteiger partial charge in [0.1, 0.15) is 11.3 Å². The van der Waals surface area contributed by atoms with Gasteiger partial charge in [-0.15, -0.1) is 0 Å². The molecule has 0 fully saturated rings. The van der Waals surface area contributed by atoms with E-state index in [-0.39, 0.29) is 11.4 Å². The summed E-state index contributed by atoms with van der Waals surface area (Å²) in [5, 5.41) is 11.3. The van der Waals surface area contributed by atoms with Crippen molar-refractivity contribution in [3.05, 3.63) is 39.2 Å². The van der Waals surface area contributed by atoms with Crippen LogP contribution < -0.4 is 5.63 Å². The van der Waals surface area contributed by atoms with Crippen LogP contribution in [0.1, 0.15) is 55.7 Å². The normalized spacial score (nSPS) is 14.9. The highest BCUT2D eigenvalue weighted by molar-refractivity contribution is 5.88. The van der Waals surface area contributed by atoms with Gasteiger partial charge in [-0.05, 0) is 49.6 Å². The van der Waals surface area contributed by atoms with Crippen molar-refractivity contribution < 1.29 is 9.52 Å². The molecule has 0 saturated carbocycles. The monoisotopic (exact) mass is 329 g/mol. The van der Waals surface area contributed by atoms with Crippen molar-refractivity contribution in [3.63, 3.8) is 0 Å². The molecular weight excluding hydrogens is 302 g/mol. The predicted octanol–water partition coefficient (Wildman–Crippen LogP) is 4.00. The second-order valence-electron chi connectivity index (χ2n) is 6.99. The first-order valence-corrected chi connectivity index (χ1v) is 9.09. The first-order chi connectivity index (χ1) is 11.6. The SMILES string of the molecule is CCCCCCCc1cc(O)c2c3c(c(=O)oc2c1)CN(C)CC3. The molecule has 0 atom stereocenters. The number of rotatable bonds is 6. The Kier molecular flexibility index (Phi) is 5.24. The lowest BCUT2D eigenvalue weighted by atomic mass is 9.95. The Labute approximate surface area is 143 Å². The maximum atomic E-state index is 12.3. The number of aryl methyl sites for hydroxylation is 1. The van der Waals surface area contributed by atoms with Crippen molar-refractivity contribution >= 4 is 11.0 Å². The smallest absolute Gasteiger partial charge is 0.341 e. The molecule has 130 valence electrons. The number of likely N-dealkylation sites (N-methyl/N-ethyl adjacent to an activating group) is 1. The van der Waals surface area contributed by atoms with Gasteiger partial charge in [0.2, 0.25) is 0 Å². The number of phenols is 1. The van der Waals surface area contributed by atoms with E-state index in [1.807, 2.05) is 19.2 Å². The van der Waals surface area contributed by atoms with Crippen molar-refractivity contribution in [1.29, 1.82) is 0 Å². The molecule has 1 aromatic heterocycles. The number of fused-ring (bicyclic) bond motifs is 3. The highest BCUT2D eigenvalue weighted by Crippen LogP contribution is 2.33. The number of hydrogen-bond donors (Lipinski definition) is 1. The van der Waals surface area contributed by atoms with Crippen LogP contribution in [-0.4, -0.2) is 23.6 Å². The number of benzene rings is 1. The van der Waals surface area contributed by atoms with Crippen LogP contribution in [0.5, 0.6) is 5.75 Å². The number of nitrogens with zero attached hydrogens (tertiary/aromatic N) is 1. The maximum absolute atomic E-state index is 12.3. The molecule has 0 amide bonds. The molecule has 3 rings (SSSR count). The summed E-state index contributed by atoms with van der Waals surface area (Å²) in [4.78, 5) is 14.4. The predicted molar refractivity (Wildman–Crippen MR) is 96.6 cm³/mol. The molecule has 2 aromatic rings. The number of phenolic OH excluding ortho intramolecular Hbond substituents is 1. The van der Waals surface area contributed by atoms with Crippen molar-refractivity contribution in [3.8, 4) is 5.75 Å². The molecule has 1 N–H and O–H groups in total. The fourth-order valence-electron chi connectivity index (χ4n) is 3.64. The Morgan fingerprint density at radius 1 is 1.17 bits per heavy atom. The van der Waals surface area contributed by atoms with Crippen LogP contribution >= 0.6 is 0 Å². The summed E-state index contributed by atoms with van der Waals surface area (Å²) in [7, 11) is 1.99. The van der Waals surface area contributed by atoms with E-state index in [0.717, 1.165) is 42.3 Å². The zero-order chi connectivity index (χ0) is 17.1. The molecule has 1 aliphatic rings. The summed E-state index contributed by atoms with van der Waals surface area (Å²) in [6.45, 7) is 3.69. The van der Waals surface area contributed by atoms with E-state index in [1.165, 1.54) is 25.7 Å². The van der Waals surface area contributed by atoms with E-state index in [1.54, 1.807) is 0 Å². The van der Waals surface area contributed by atoms with Crippen molar-refractivity contribution in [1.82, 2.24) is 4.90 Å². The number of hydrogen-bond acceptors (Lipinski definition) is 4. The summed E-state index contributed by atoms with van der Waals surface area (Å²) in [6, 6.07) is 3.79. The van der Waals surface area contributed by atoms with Gasteiger partial charge in [-0.2, -0.15) is 0 Å². The molecule has 4 nitrogen and oxygen atoms in total. The largest absolute Gasteiger partial charge is 0.507 e. The Bertz CT molecular complexity index is 779. The molecule has 0 bridgehead atoms. The van der Waals surface area contributed by atoms with Crippen LogP contribution in [0.25, 0.3) is 11.0 Å². The molecule has 1 aliphatic heterocycles. The van der Waals surface area contributed by atoms with E-state index in [9.17, 15) is 9.90 Å². The fourth-order valence-corrected chi connectivity index (χ4v) is 3.64. The third-order valence-electron chi connectivity index (χ3n) is 5.00. The molecule has 0 spiro atoms. The quantitative estimate of drug-likeness (QED) is 0.643. The van der Waals surface area contributed by atoms with Gasteiger partial charge in [-0.25, -0.2) is 4.79 Å². The summed E-state index contributed by atoms with van der Waals surface area (Å²) >= 11 is 0. The van der Waals surface area contributed by atoms with Crippen molar-refractivity contribution in [2.45, 2.75) is 58.4 Å². The van der Waals surface area contributed by atoms with Gasteiger partial charge in [0.25, 0.3) is 0 Å². The topological polar surface area (TPSA) is 53.7 Å². The van der Waals surface area contributed by atoms with Gasteiger partial charge in [-0.1, -0.05) is 32.6 Å². The zero-order valence-electron chi connectivity index (χ0n) is 14.7. The lowest BCUT2D eigenvalue weighted by Crippen LogP contribution is -2.31. The van der Waals surface area contributed by atoms with E-state index < -0.39 is 0 Å². The number of unbranched alkanes of at least 4 members (excludes halogenated alkanes) is 4. The van der Waals surface area contributed by atoms with Crippen LogP contribution in [0.2, 0.25) is 0 Å². The third kappa shape index (κ3) is 3.48. The first-order valence-electron chi connectivity index (χ1n) is 9.09. The van der Waals surface area contributed by atoms with Gasteiger partial charge in [0.15, 0.2) is 0 Å². The lowest BCUT2D eigenvalue weighted by Gasteiger charge is -2.24. The molecule has 0 aliphatic carbocycles. The van der Waals surface area contributed by atoms with Gasteiger partial charge in [-0.3, -0.25) is 0 Å². The average molecular weight is 329 g/mol. The van der Waals surface area contributed by atoms with Crippen LogP contribution in [0.3, 0.4) is 0 Å². The third-order valence-corrected chi connectivity index (χ3v) is 5.00. The van der Waals surface area contributed by atoms with Gasteiger partial charge < -0.3 is 14.4 Å². The highest BCUT2D eigenvalue weighted by atomic mass is 16.4. The van der Waals surface area contributed by atoms with Crippen molar-refractivity contribution in [2.75, 3.05) is 13.6 Å². The summed E-state index contributed by atoms with van der Waals surface area (Å²) in [6.07, 6.45) is 7.76. The minimum absolute atomic E-state index is 0.251. The maximum Gasteiger partial charge on any atom is 0.341 e. The minimum atomic E-state index is -0.261. The van der Waals surface area contributed by atoms with E-state index in [4.69, 9.17) is 4.42 Å². The number of aromatic hydroxyl groups is 1. The highest BCUT2D eigenvalue weighted by Gasteiger charge is 2.22. The van der Waals surface area contributed by atoms with Crippen molar-refractivity contribution in [2.24, 2.45) is 0 Å². The van der Waals surface area contributed by atoms with Crippen LogP contribution in [0, 0.1) is 0 Å². The Hall–Kier alpha value is -1.81. The molecule has 24 heavy (non-hydrogen) atoms. The Balaban J connectivity index is 1.89. The van der Waals surface area contributed by atoms with Crippen LogP contribution in [0.15, 0.2) is 21.3 Å². The Morgan fingerprint density at radius 2 is 1.96 bits per heavy atom. The van der Waals surface area contributed by atoms with E-state index in [2.05, 4.69) is 11.8 Å². The van der Waals surface area contributed by atoms with E-state index >= 15 is 0 Å². The average Bonchev–Trinajstić information content (AvgIpc) is 2.55. The van der Waals surface area contributed by atoms with Gasteiger partial charge >= 0.3 is 5.63 Å². The van der Waals surface area contributed by atoms with Gasteiger partial charge in [0, 0.05) is 13.1 Å². The van der Waals surface area contributed by atoms with Crippen LogP contribution in [-0.2, 0) is 19.4 Å². The summed E-state index contributed by atoms with van der Waals surface area (Å²) in [5.41, 5.74) is 2.98. The standard InChI is InChI=1S/C20H27NO3/c1-3-4-5-6-7-8-14-11-17(22)19-15-9-10-21(2)13-16(15)20(23)24-18(19)12-14/h11-12,22H,3-10,13H2,1-2H3. The van der Waals surface area contributed by atoms with Gasteiger partial charge in [0.05, 0.1) is 10.9 Å². The second-order valence-corrected chi connectivity index (χ2v) is 6.99. The molecule has 0 saturated heterocycles. The molecule has 4 heteroatoms.